The van der Waals surface area contributed by atoms with Gasteiger partial charge in [-0.15, -0.1) is 11.3 Å². The number of fused-ring (bicyclic) bond motifs is 11. The molecule has 0 saturated carbocycles. The molecular weight excluding hydrogens is 701 g/mol. The first-order valence-corrected chi connectivity index (χ1v) is 19.7. The molecule has 0 unspecified atom stereocenters. The molecule has 5 heteroatoms. The van der Waals surface area contributed by atoms with Crippen LogP contribution in [0, 0.1) is 0 Å². The molecule has 260 valence electrons. The summed E-state index contributed by atoms with van der Waals surface area (Å²) in [6.45, 7) is 0. The van der Waals surface area contributed by atoms with Crippen LogP contribution in [0.15, 0.2) is 182 Å². The molecule has 0 spiro atoms. The number of hydrogen-bond acceptors (Lipinski definition) is 4. The third-order valence-electron chi connectivity index (χ3n) is 11.2. The Bertz CT molecular complexity index is 3540. The summed E-state index contributed by atoms with van der Waals surface area (Å²) >= 11 is 1.80. The molecule has 0 amide bonds. The quantitative estimate of drug-likeness (QED) is 0.181. The average molecular weight is 731 g/mol. The Morgan fingerprint density at radius 1 is 0.375 bits per heavy atom. The van der Waals surface area contributed by atoms with Crippen LogP contribution in [-0.2, 0) is 0 Å². The maximum atomic E-state index is 5.45. The van der Waals surface area contributed by atoms with Crippen LogP contribution in [0.25, 0.3) is 114 Å². The van der Waals surface area contributed by atoms with Gasteiger partial charge in [0, 0.05) is 42.1 Å². The highest BCUT2D eigenvalue weighted by Crippen LogP contribution is 2.44. The van der Waals surface area contributed by atoms with Gasteiger partial charge in [-0.1, -0.05) is 152 Å². The van der Waals surface area contributed by atoms with Gasteiger partial charge in [0.15, 0.2) is 11.6 Å². The number of benzene rings is 9. The molecule has 56 heavy (non-hydrogen) atoms. The van der Waals surface area contributed by atoms with E-state index in [1.54, 1.807) is 11.3 Å². The second-order valence-corrected chi connectivity index (χ2v) is 15.4. The van der Waals surface area contributed by atoms with E-state index >= 15 is 0 Å². The Labute approximate surface area is 325 Å². The lowest BCUT2D eigenvalue weighted by molar-refractivity contribution is 0.955. The van der Waals surface area contributed by atoms with Crippen LogP contribution in [0.5, 0.6) is 0 Å². The van der Waals surface area contributed by atoms with E-state index in [1.165, 1.54) is 63.6 Å². The fraction of sp³-hybridized carbons (Fsp3) is 0. The van der Waals surface area contributed by atoms with Gasteiger partial charge in [0.1, 0.15) is 0 Å². The lowest BCUT2D eigenvalue weighted by Crippen LogP contribution is -2.06. The van der Waals surface area contributed by atoms with Crippen molar-refractivity contribution in [2.24, 2.45) is 0 Å². The van der Waals surface area contributed by atoms with Crippen LogP contribution >= 0.6 is 11.3 Å². The Morgan fingerprint density at radius 2 is 1.02 bits per heavy atom. The molecule has 0 fully saturated rings. The number of rotatable bonds is 4. The summed E-state index contributed by atoms with van der Waals surface area (Å²) in [5, 5.41) is 12.1. The normalized spacial score (nSPS) is 11.9. The summed E-state index contributed by atoms with van der Waals surface area (Å²) in [4.78, 5) is 16.0. The van der Waals surface area contributed by atoms with Crippen LogP contribution in [-0.4, -0.2) is 19.5 Å². The average Bonchev–Trinajstić information content (AvgIpc) is 3.83. The van der Waals surface area contributed by atoms with Crippen LogP contribution in [0.2, 0.25) is 0 Å². The standard InChI is InChI=1S/C51H30N4S/c1-2-15-33(16-3-1)49-52-50(42-30-34-17-6-9-21-39(34)47-40-22-10-11-24-45(40)56-48(42)47)54-51(53-49)55-43-27-26-35(37-23-12-18-31-13-4-7-19-36(31)37)29-41(43)46-38-20-8-5-14-32(38)25-28-44(46)55/h1-30H. The zero-order valence-electron chi connectivity index (χ0n) is 30.0. The van der Waals surface area contributed by atoms with E-state index in [1.807, 2.05) is 18.2 Å². The fourth-order valence-electron chi connectivity index (χ4n) is 8.69. The van der Waals surface area contributed by atoms with Crippen molar-refractivity contribution < 1.29 is 0 Å². The molecule has 12 rings (SSSR count). The molecule has 12 aromatic rings. The third-order valence-corrected chi connectivity index (χ3v) is 12.4. The van der Waals surface area contributed by atoms with E-state index in [0.717, 1.165) is 32.9 Å². The van der Waals surface area contributed by atoms with Gasteiger partial charge in [-0.25, -0.2) is 4.98 Å². The van der Waals surface area contributed by atoms with E-state index < -0.39 is 0 Å². The SMILES string of the molecule is c1ccc(-c2nc(-c3cc4ccccc4c4c3sc3ccccc34)nc(-n3c4ccc(-c5cccc6ccccc56)cc4c4c5ccccc5ccc43)n2)cc1. The number of nitrogens with zero attached hydrogens (tertiary/aromatic N) is 4. The van der Waals surface area contributed by atoms with Crippen molar-refractivity contribution >= 4 is 85.6 Å². The van der Waals surface area contributed by atoms with Gasteiger partial charge in [-0.05, 0) is 73.8 Å². The summed E-state index contributed by atoms with van der Waals surface area (Å²) in [5.41, 5.74) is 6.42. The molecule has 0 N–H and O–H groups in total. The summed E-state index contributed by atoms with van der Waals surface area (Å²) in [5.74, 6) is 1.87. The lowest BCUT2D eigenvalue weighted by Gasteiger charge is -2.12. The zero-order chi connectivity index (χ0) is 36.7. The van der Waals surface area contributed by atoms with E-state index in [9.17, 15) is 0 Å². The van der Waals surface area contributed by atoms with Crippen LogP contribution < -0.4 is 0 Å². The molecule has 0 saturated heterocycles. The predicted molar refractivity (Wildman–Crippen MR) is 236 cm³/mol. The van der Waals surface area contributed by atoms with Crippen LogP contribution in [0.1, 0.15) is 0 Å². The first-order valence-electron chi connectivity index (χ1n) is 18.9. The van der Waals surface area contributed by atoms with Crippen molar-refractivity contribution in [2.45, 2.75) is 0 Å². The lowest BCUT2D eigenvalue weighted by atomic mass is 9.96. The van der Waals surface area contributed by atoms with Gasteiger partial charge < -0.3 is 0 Å². The molecule has 0 aliphatic heterocycles. The van der Waals surface area contributed by atoms with E-state index in [4.69, 9.17) is 15.0 Å². The van der Waals surface area contributed by atoms with Gasteiger partial charge in [-0.3, -0.25) is 4.57 Å². The maximum absolute atomic E-state index is 5.45. The minimum absolute atomic E-state index is 0.587. The second-order valence-electron chi connectivity index (χ2n) is 14.4. The number of aromatic nitrogens is 4. The third kappa shape index (κ3) is 4.68. The van der Waals surface area contributed by atoms with Crippen LogP contribution in [0.4, 0.5) is 0 Å². The molecule has 0 radical (unpaired) electrons. The first-order chi connectivity index (χ1) is 27.8. The molecule has 3 heterocycles. The smallest absolute Gasteiger partial charge is 0.238 e. The highest BCUT2D eigenvalue weighted by atomic mass is 32.1. The Kier molecular flexibility index (Phi) is 6.76. The van der Waals surface area contributed by atoms with Crippen molar-refractivity contribution in [1.82, 2.24) is 19.5 Å². The molecule has 0 aliphatic carbocycles. The van der Waals surface area contributed by atoms with Gasteiger partial charge in [0.25, 0.3) is 0 Å². The second kappa shape index (κ2) is 12.2. The molecule has 0 atom stereocenters. The number of thiophene rings is 1. The summed E-state index contributed by atoms with van der Waals surface area (Å²) in [6.07, 6.45) is 0. The summed E-state index contributed by atoms with van der Waals surface area (Å²) < 4.78 is 4.66. The van der Waals surface area contributed by atoms with Crippen molar-refractivity contribution in [2.75, 3.05) is 0 Å². The van der Waals surface area contributed by atoms with Gasteiger partial charge >= 0.3 is 0 Å². The van der Waals surface area contributed by atoms with E-state index in [0.29, 0.717) is 17.6 Å². The largest absolute Gasteiger partial charge is 0.278 e. The Hall–Kier alpha value is -7.21. The van der Waals surface area contributed by atoms with Gasteiger partial charge in [0.05, 0.1) is 11.0 Å². The highest BCUT2D eigenvalue weighted by molar-refractivity contribution is 7.26. The zero-order valence-corrected chi connectivity index (χ0v) is 30.8. The fourth-order valence-corrected chi connectivity index (χ4v) is 9.92. The molecule has 3 aromatic heterocycles. The minimum atomic E-state index is 0.587. The molecule has 0 aliphatic rings. The van der Waals surface area contributed by atoms with Crippen molar-refractivity contribution in [1.29, 1.82) is 0 Å². The molecular formula is C51H30N4S. The minimum Gasteiger partial charge on any atom is -0.278 e. The highest BCUT2D eigenvalue weighted by Gasteiger charge is 2.22. The molecule has 4 nitrogen and oxygen atoms in total. The van der Waals surface area contributed by atoms with E-state index in [2.05, 4.69) is 168 Å². The van der Waals surface area contributed by atoms with Crippen molar-refractivity contribution in [3.8, 4) is 39.9 Å². The van der Waals surface area contributed by atoms with Gasteiger partial charge in [-0.2, -0.15) is 9.97 Å². The monoisotopic (exact) mass is 730 g/mol. The first kappa shape index (κ1) is 31.2. The topological polar surface area (TPSA) is 43.6 Å². The van der Waals surface area contributed by atoms with E-state index in [-0.39, 0.29) is 0 Å². The summed E-state index contributed by atoms with van der Waals surface area (Å²) in [6, 6.07) is 65.0. The maximum Gasteiger partial charge on any atom is 0.238 e. The molecule has 9 aromatic carbocycles. The Morgan fingerprint density at radius 3 is 1.86 bits per heavy atom. The van der Waals surface area contributed by atoms with Gasteiger partial charge in [0.2, 0.25) is 5.95 Å². The summed E-state index contributed by atoms with van der Waals surface area (Å²) in [7, 11) is 0. The van der Waals surface area contributed by atoms with Crippen molar-refractivity contribution in [3.05, 3.63) is 182 Å². The molecule has 0 bridgehead atoms. The number of hydrogen-bond donors (Lipinski definition) is 0. The van der Waals surface area contributed by atoms with Crippen LogP contribution in [0.3, 0.4) is 0 Å². The Balaban J connectivity index is 1.19. The van der Waals surface area contributed by atoms with Crippen molar-refractivity contribution in [3.63, 3.8) is 0 Å². The predicted octanol–water partition coefficient (Wildman–Crippen LogP) is 13.8.